The van der Waals surface area contributed by atoms with Crippen molar-refractivity contribution >= 4 is 19.8 Å². The predicted octanol–water partition coefficient (Wildman–Crippen LogP) is 8.61. The van der Waals surface area contributed by atoms with E-state index in [0.29, 0.717) is 6.42 Å². The van der Waals surface area contributed by atoms with Crippen LogP contribution in [0.1, 0.15) is 181 Å². The average molecular weight is 861 g/mol. The zero-order valence-corrected chi connectivity index (χ0v) is 37.2. The minimum Gasteiger partial charge on any atom is -0.458 e. The highest BCUT2D eigenvalue weighted by molar-refractivity contribution is 7.47. The first-order valence-corrected chi connectivity index (χ1v) is 24.3. The van der Waals surface area contributed by atoms with Crippen LogP contribution in [0.2, 0.25) is 0 Å². The molecule has 344 valence electrons. The number of carbonyl (C=O) groups excluding carboxylic acids is 2. The van der Waals surface area contributed by atoms with Gasteiger partial charge in [-0.1, -0.05) is 160 Å². The molecule has 0 bridgehead atoms. The number of rotatable bonds is 37. The molecule has 1 saturated carbocycles. The molecule has 6 N–H and O–H groups in total. The van der Waals surface area contributed by atoms with E-state index in [1.807, 2.05) is 6.08 Å². The number of aliphatic hydroxyl groups is 5. The number of phosphoric acid groups is 1. The molecule has 0 aromatic heterocycles. The van der Waals surface area contributed by atoms with E-state index in [2.05, 4.69) is 26.0 Å². The highest BCUT2D eigenvalue weighted by Gasteiger charge is 2.51. The largest absolute Gasteiger partial charge is 0.472 e. The summed E-state index contributed by atoms with van der Waals surface area (Å²) in [5.74, 6) is -1.36. The number of carbonyl (C=O) groups is 2. The van der Waals surface area contributed by atoms with Crippen molar-refractivity contribution in [1.82, 2.24) is 0 Å². The molecular weight excluding hydrogens is 779 g/mol. The van der Waals surface area contributed by atoms with Gasteiger partial charge in [0.15, 0.2) is 6.10 Å². The Morgan fingerprint density at radius 3 is 1.47 bits per heavy atom. The molecule has 14 heteroatoms. The van der Waals surface area contributed by atoms with Crippen molar-refractivity contribution in [1.29, 1.82) is 0 Å². The third kappa shape index (κ3) is 28.3. The smallest absolute Gasteiger partial charge is 0.458 e. The van der Waals surface area contributed by atoms with Crippen molar-refractivity contribution in [2.24, 2.45) is 0 Å². The Morgan fingerprint density at radius 2 is 0.983 bits per heavy atom. The second-order valence-electron chi connectivity index (χ2n) is 16.0. The molecule has 59 heavy (non-hydrogen) atoms. The van der Waals surface area contributed by atoms with Gasteiger partial charge in [0.2, 0.25) is 0 Å². The minimum atomic E-state index is -5.14. The van der Waals surface area contributed by atoms with Crippen LogP contribution < -0.4 is 0 Å². The van der Waals surface area contributed by atoms with Gasteiger partial charge in [0.1, 0.15) is 43.2 Å². The molecule has 0 amide bonds. The molecule has 1 fully saturated rings. The summed E-state index contributed by atoms with van der Waals surface area (Å²) in [6.07, 6.45) is 26.9. The Kier molecular flexibility index (Phi) is 33.3. The third-order valence-corrected chi connectivity index (χ3v) is 11.5. The van der Waals surface area contributed by atoms with Crippen LogP contribution in [0.15, 0.2) is 36.5 Å². The zero-order chi connectivity index (χ0) is 43.6. The zero-order valence-electron chi connectivity index (χ0n) is 36.3. The summed E-state index contributed by atoms with van der Waals surface area (Å²) in [5.41, 5.74) is 0. The van der Waals surface area contributed by atoms with Crippen LogP contribution in [0, 0.1) is 0 Å². The molecule has 1 rings (SSSR count). The van der Waals surface area contributed by atoms with E-state index in [1.165, 1.54) is 102 Å². The third-order valence-electron chi connectivity index (χ3n) is 10.6. The summed E-state index contributed by atoms with van der Waals surface area (Å²) in [7, 11) is -5.14. The number of unbranched alkanes of at least 4 members (excludes halogenated alkanes) is 22. The number of esters is 2. The van der Waals surface area contributed by atoms with Gasteiger partial charge in [0, 0.05) is 12.5 Å². The molecule has 0 aromatic carbocycles. The van der Waals surface area contributed by atoms with Gasteiger partial charge in [-0.15, -0.1) is 0 Å². The first-order valence-electron chi connectivity index (χ1n) is 22.8. The molecule has 13 nitrogen and oxygen atoms in total. The van der Waals surface area contributed by atoms with E-state index in [9.17, 15) is 44.6 Å². The van der Waals surface area contributed by atoms with Gasteiger partial charge in [0.25, 0.3) is 0 Å². The molecule has 6 unspecified atom stereocenters. The average Bonchev–Trinajstić information content (AvgIpc) is 3.21. The second kappa shape index (κ2) is 35.6. The van der Waals surface area contributed by atoms with Crippen molar-refractivity contribution in [3.8, 4) is 0 Å². The summed E-state index contributed by atoms with van der Waals surface area (Å²) < 4.78 is 33.3. The Bertz CT molecular complexity index is 1180. The summed E-state index contributed by atoms with van der Waals surface area (Å²) in [6.45, 7) is 3.18. The molecule has 0 spiro atoms. The fourth-order valence-electron chi connectivity index (χ4n) is 6.84. The van der Waals surface area contributed by atoms with Crippen LogP contribution in [0.4, 0.5) is 0 Å². The van der Waals surface area contributed by atoms with Crippen molar-refractivity contribution in [3.05, 3.63) is 36.5 Å². The Labute approximate surface area is 355 Å². The van der Waals surface area contributed by atoms with Gasteiger partial charge in [0.05, 0.1) is 6.61 Å². The summed E-state index contributed by atoms with van der Waals surface area (Å²) in [6, 6.07) is 0. The van der Waals surface area contributed by atoms with Gasteiger partial charge in [-0.05, 0) is 44.9 Å². The highest BCUT2D eigenvalue weighted by atomic mass is 31.2. The van der Waals surface area contributed by atoms with E-state index in [0.717, 1.165) is 57.8 Å². The molecule has 1 aliphatic rings. The van der Waals surface area contributed by atoms with Crippen LogP contribution in [-0.2, 0) is 32.7 Å². The fourth-order valence-corrected chi connectivity index (χ4v) is 7.82. The lowest BCUT2D eigenvalue weighted by Crippen LogP contribution is -2.64. The van der Waals surface area contributed by atoms with E-state index in [4.69, 9.17) is 18.5 Å². The number of hydrogen-bond donors (Lipinski definition) is 6. The van der Waals surface area contributed by atoms with Gasteiger partial charge < -0.3 is 39.9 Å². The van der Waals surface area contributed by atoms with E-state index >= 15 is 0 Å². The molecule has 0 radical (unpaired) electrons. The topological polar surface area (TPSA) is 210 Å². The van der Waals surface area contributed by atoms with E-state index < -0.39 is 75.7 Å². The maximum absolute atomic E-state index is 12.8. The number of allylic oxidation sites excluding steroid dienone is 5. The first kappa shape index (κ1) is 55.1. The van der Waals surface area contributed by atoms with E-state index in [-0.39, 0.29) is 6.42 Å². The van der Waals surface area contributed by atoms with Crippen LogP contribution in [0.25, 0.3) is 0 Å². The number of ether oxygens (including phenoxy) is 2. The van der Waals surface area contributed by atoms with Gasteiger partial charge in [-0.25, -0.2) is 9.36 Å². The lowest BCUT2D eigenvalue weighted by Gasteiger charge is -2.41. The maximum Gasteiger partial charge on any atom is 0.472 e. The summed E-state index contributed by atoms with van der Waals surface area (Å²) >= 11 is 0. The van der Waals surface area contributed by atoms with Gasteiger partial charge in [-0.3, -0.25) is 13.8 Å². The van der Waals surface area contributed by atoms with Crippen molar-refractivity contribution in [3.63, 3.8) is 0 Å². The van der Waals surface area contributed by atoms with Crippen LogP contribution in [0.3, 0.4) is 0 Å². The van der Waals surface area contributed by atoms with Gasteiger partial charge in [-0.2, -0.15) is 0 Å². The first-order chi connectivity index (χ1) is 28.4. The SMILES string of the molecule is CCCCCCCC/C=C/CCCCCCCC(=O)O[C@H](COC(=O)/C=C/C=C/CCCCCCCCCCCCC)COP(=O)(O)OC1C(O)C(O)C(O)[C@@H](O)C1O. The number of aliphatic hydroxyl groups excluding tert-OH is 5. The quantitative estimate of drug-likeness (QED) is 0.00864. The molecule has 0 heterocycles. The predicted molar refractivity (Wildman–Crippen MR) is 230 cm³/mol. The lowest BCUT2D eigenvalue weighted by atomic mass is 9.85. The monoisotopic (exact) mass is 861 g/mol. The lowest BCUT2D eigenvalue weighted by molar-refractivity contribution is -0.220. The van der Waals surface area contributed by atoms with Crippen LogP contribution in [-0.4, -0.2) is 98.3 Å². The Morgan fingerprint density at radius 1 is 0.559 bits per heavy atom. The van der Waals surface area contributed by atoms with Crippen LogP contribution in [0.5, 0.6) is 0 Å². The second-order valence-corrected chi connectivity index (χ2v) is 17.4. The molecule has 1 aliphatic carbocycles. The minimum absolute atomic E-state index is 0.0677. The summed E-state index contributed by atoms with van der Waals surface area (Å²) in [4.78, 5) is 35.5. The van der Waals surface area contributed by atoms with E-state index in [1.54, 1.807) is 12.2 Å². The van der Waals surface area contributed by atoms with Crippen molar-refractivity contribution in [2.75, 3.05) is 13.2 Å². The standard InChI is InChI=1S/C45H81O13P/c1-3-5-7-9-11-13-15-17-19-21-23-25-27-29-31-33-38(46)55-35-37(36-56-59(53,54)58-45-43(51)41(49)40(48)42(50)44(45)52)57-39(47)34-32-30-28-26-24-22-20-18-16-14-12-10-8-6-4-2/h18,20,27,29,31,33,37,40-45,48-52H,3-17,19,21-26,28,30,32,34-36H2,1-2H3,(H,53,54)/b20-18+,29-27+,33-31+/t37-,40?,41-,42?,43?,44?,45?/m1/s1. The molecule has 8 atom stereocenters. The molecule has 0 saturated heterocycles. The maximum atomic E-state index is 12.8. The summed E-state index contributed by atoms with van der Waals surface area (Å²) in [5, 5.41) is 50.1. The number of phosphoric ester groups is 1. The normalized spacial score (nSPS) is 22.6. The fraction of sp³-hybridized carbons (Fsp3) is 0.822. The Balaban J connectivity index is 2.53. The Hall–Kier alpha value is -1.93. The van der Waals surface area contributed by atoms with Crippen molar-refractivity contribution < 1.29 is 63.1 Å². The molecule has 0 aromatic rings. The van der Waals surface area contributed by atoms with Crippen LogP contribution >= 0.6 is 7.82 Å². The molecular formula is C45H81O13P. The van der Waals surface area contributed by atoms with Gasteiger partial charge >= 0.3 is 19.8 Å². The number of hydrogen-bond acceptors (Lipinski definition) is 12. The molecule has 0 aliphatic heterocycles. The highest BCUT2D eigenvalue weighted by Crippen LogP contribution is 2.47. The van der Waals surface area contributed by atoms with Crippen molar-refractivity contribution in [2.45, 2.75) is 224 Å².